The molecule has 0 saturated heterocycles. The fourth-order valence-electron chi connectivity index (χ4n) is 2.52. The summed E-state index contributed by atoms with van der Waals surface area (Å²) in [6.45, 7) is 5.02. The minimum atomic E-state index is 0. The van der Waals surface area contributed by atoms with Crippen molar-refractivity contribution in [2.75, 3.05) is 39.3 Å². The first-order valence-corrected chi connectivity index (χ1v) is 9.70. The average molecular weight is 471 g/mol. The molecule has 0 fully saturated rings. The van der Waals surface area contributed by atoms with Crippen molar-refractivity contribution in [3.63, 3.8) is 0 Å². The zero-order valence-corrected chi connectivity index (χ0v) is 18.8. The third kappa shape index (κ3) is 12.0. The van der Waals surface area contributed by atoms with Gasteiger partial charge in [0.15, 0.2) is 0 Å². The predicted molar refractivity (Wildman–Crippen MR) is 112 cm³/mol. The standard InChI is InChI=1S/C22H30N4O2.ClH.Mn/c27-21-9-3-1-7-19(21)17-25-13-5-11-23-15-16-24-12-6-14-26-18-20-8-2-4-10-22(20)28;;/h1-4,7-10,17-18,23-24,27-28H,5-6,11-16H2;1H;/q;;+3/p-3. The fraction of sp³-hybridized carbons (Fsp3) is 0.364. The third-order valence-corrected chi connectivity index (χ3v) is 4.06. The van der Waals surface area contributed by atoms with Crippen LogP contribution in [0, 0.1) is 0 Å². The summed E-state index contributed by atoms with van der Waals surface area (Å²) in [7, 11) is 0. The molecule has 0 heterocycles. The monoisotopic (exact) mass is 470 g/mol. The molecule has 0 saturated carbocycles. The van der Waals surface area contributed by atoms with Crippen molar-refractivity contribution >= 4 is 12.4 Å². The summed E-state index contributed by atoms with van der Waals surface area (Å²) in [5.41, 5.74) is 1.28. The summed E-state index contributed by atoms with van der Waals surface area (Å²) in [4.78, 5) is 8.58. The number of aliphatic imine (C=N–C) groups is 2. The van der Waals surface area contributed by atoms with Gasteiger partial charge in [0.05, 0.1) is 0 Å². The van der Waals surface area contributed by atoms with Crippen molar-refractivity contribution in [2.24, 2.45) is 9.98 Å². The summed E-state index contributed by atoms with van der Waals surface area (Å²) in [5, 5.41) is 29.8. The Morgan fingerprint density at radius 2 is 1.07 bits per heavy atom. The van der Waals surface area contributed by atoms with E-state index in [9.17, 15) is 10.2 Å². The Balaban J connectivity index is 0.00000420. The van der Waals surface area contributed by atoms with Gasteiger partial charge in [-0.25, -0.2) is 0 Å². The quantitative estimate of drug-likeness (QED) is 0.208. The maximum absolute atomic E-state index is 11.5. The van der Waals surface area contributed by atoms with Crippen molar-refractivity contribution in [1.29, 1.82) is 0 Å². The zero-order valence-electron chi connectivity index (χ0n) is 16.9. The van der Waals surface area contributed by atoms with E-state index in [0.29, 0.717) is 24.2 Å². The number of rotatable bonds is 13. The second-order valence-electron chi connectivity index (χ2n) is 6.35. The van der Waals surface area contributed by atoms with Gasteiger partial charge in [-0.3, -0.25) is 9.98 Å². The Morgan fingerprint density at radius 1 is 0.667 bits per heavy atom. The molecule has 0 atom stereocenters. The molecule has 2 N–H and O–H groups in total. The Bertz CT molecular complexity index is 696. The number of para-hydroxylation sites is 2. The number of benzene rings is 2. The molecular formula is C22H28ClMnN4O2. The summed E-state index contributed by atoms with van der Waals surface area (Å²) < 4.78 is 0. The molecule has 0 aliphatic heterocycles. The van der Waals surface area contributed by atoms with Crippen LogP contribution in [0.5, 0.6) is 11.5 Å². The van der Waals surface area contributed by atoms with Gasteiger partial charge in [0.25, 0.3) is 0 Å². The van der Waals surface area contributed by atoms with E-state index >= 15 is 0 Å². The summed E-state index contributed by atoms with van der Waals surface area (Å²) in [6.07, 6.45) is 5.19. The predicted octanol–water partition coefficient (Wildman–Crippen LogP) is -1.67. The molecule has 0 spiro atoms. The Kier molecular flexibility index (Phi) is 16.8. The number of hydrogen-bond donors (Lipinski definition) is 2. The molecule has 0 aliphatic rings. The van der Waals surface area contributed by atoms with Crippen LogP contribution in [0.4, 0.5) is 0 Å². The van der Waals surface area contributed by atoms with Crippen LogP contribution >= 0.6 is 0 Å². The molecule has 0 aromatic heterocycles. The summed E-state index contributed by atoms with van der Waals surface area (Å²) in [6, 6.07) is 13.8. The molecule has 6 nitrogen and oxygen atoms in total. The Labute approximate surface area is 195 Å². The van der Waals surface area contributed by atoms with E-state index in [1.165, 1.54) is 0 Å². The van der Waals surface area contributed by atoms with Crippen molar-refractivity contribution in [3.05, 3.63) is 59.7 Å². The smallest absolute Gasteiger partial charge is 1.00 e. The van der Waals surface area contributed by atoms with Crippen molar-refractivity contribution in [1.82, 2.24) is 10.6 Å². The molecule has 162 valence electrons. The maximum atomic E-state index is 11.5. The summed E-state index contributed by atoms with van der Waals surface area (Å²) >= 11 is 0. The number of hydrogen-bond acceptors (Lipinski definition) is 6. The molecule has 0 radical (unpaired) electrons. The van der Waals surface area contributed by atoms with Gasteiger partial charge >= 0.3 is 17.1 Å². The average Bonchev–Trinajstić information content (AvgIpc) is 2.71. The number of nitrogens with zero attached hydrogens (tertiary/aromatic N) is 2. The van der Waals surface area contributed by atoms with Gasteiger partial charge in [-0.1, -0.05) is 48.5 Å². The largest absolute Gasteiger partial charge is 3.00 e. The van der Waals surface area contributed by atoms with E-state index in [0.717, 1.165) is 39.0 Å². The van der Waals surface area contributed by atoms with Crippen molar-refractivity contribution < 1.29 is 39.7 Å². The van der Waals surface area contributed by atoms with Crippen molar-refractivity contribution in [2.45, 2.75) is 12.8 Å². The molecule has 30 heavy (non-hydrogen) atoms. The molecule has 0 aliphatic carbocycles. The maximum Gasteiger partial charge on any atom is 3.00 e. The van der Waals surface area contributed by atoms with E-state index in [1.807, 2.05) is 12.1 Å². The molecule has 8 heteroatoms. The van der Waals surface area contributed by atoms with Crippen LogP contribution in [0.15, 0.2) is 58.5 Å². The minimum Gasteiger partial charge on any atom is -1.00 e. The first-order valence-electron chi connectivity index (χ1n) is 9.70. The van der Waals surface area contributed by atoms with Gasteiger partial charge in [-0.2, -0.15) is 0 Å². The fourth-order valence-corrected chi connectivity index (χ4v) is 2.52. The van der Waals surface area contributed by atoms with Crippen molar-refractivity contribution in [3.8, 4) is 11.5 Å². The molecule has 0 amide bonds. The molecule has 2 rings (SSSR count). The molecule has 0 bridgehead atoms. The van der Waals surface area contributed by atoms with Crippen LogP contribution in [0.25, 0.3) is 0 Å². The van der Waals surface area contributed by atoms with E-state index in [4.69, 9.17) is 0 Å². The number of nitrogens with one attached hydrogen (secondary N) is 2. The Morgan fingerprint density at radius 3 is 1.47 bits per heavy atom. The Hall–Kier alpha value is -1.89. The van der Waals surface area contributed by atoms with Crippen LogP contribution in [-0.2, 0) is 17.1 Å². The zero-order chi connectivity index (χ0) is 19.9. The van der Waals surface area contributed by atoms with Crippen LogP contribution in [-0.4, -0.2) is 51.7 Å². The first kappa shape index (κ1) is 28.1. The SMILES string of the molecule is [Cl-].[Mn+3].[O-]c1ccccc1C=NCCCNCCNCCCN=Cc1ccccc1[O-]. The van der Waals surface area contributed by atoms with Gasteiger partial charge in [-0.05, 0) is 37.1 Å². The second kappa shape index (κ2) is 17.9. The van der Waals surface area contributed by atoms with Gasteiger partial charge in [0.2, 0.25) is 0 Å². The topological polar surface area (TPSA) is 94.9 Å². The van der Waals surface area contributed by atoms with Crippen LogP contribution in [0.1, 0.15) is 24.0 Å². The number of halogens is 1. The molecule has 2 aromatic rings. The van der Waals surface area contributed by atoms with Crippen LogP contribution in [0.3, 0.4) is 0 Å². The van der Waals surface area contributed by atoms with Gasteiger partial charge in [-0.15, -0.1) is 11.5 Å². The van der Waals surface area contributed by atoms with E-state index in [1.54, 1.807) is 48.8 Å². The molecule has 0 unspecified atom stereocenters. The minimum absolute atomic E-state index is 0. The van der Waals surface area contributed by atoms with E-state index in [2.05, 4.69) is 20.6 Å². The van der Waals surface area contributed by atoms with Gasteiger partial charge in [0, 0.05) is 38.6 Å². The normalized spacial score (nSPS) is 10.8. The second-order valence-corrected chi connectivity index (χ2v) is 6.35. The van der Waals surface area contributed by atoms with E-state index < -0.39 is 0 Å². The van der Waals surface area contributed by atoms with E-state index in [-0.39, 0.29) is 41.0 Å². The molecular weight excluding hydrogens is 443 g/mol. The third-order valence-electron chi connectivity index (χ3n) is 4.06. The first-order chi connectivity index (χ1) is 13.8. The summed E-state index contributed by atoms with van der Waals surface area (Å²) in [5.74, 6) is 0.0210. The van der Waals surface area contributed by atoms with Gasteiger partial charge in [0.1, 0.15) is 0 Å². The molecule has 2 aromatic carbocycles. The van der Waals surface area contributed by atoms with Crippen LogP contribution < -0.4 is 33.3 Å². The van der Waals surface area contributed by atoms with Gasteiger partial charge < -0.3 is 33.3 Å². The van der Waals surface area contributed by atoms with Crippen LogP contribution in [0.2, 0.25) is 0 Å².